The van der Waals surface area contributed by atoms with Crippen LogP contribution in [-0.4, -0.2) is 33.2 Å². The zero-order valence-electron chi connectivity index (χ0n) is 14.3. The molecule has 0 unspecified atom stereocenters. The molecule has 1 amide bonds. The van der Waals surface area contributed by atoms with Gasteiger partial charge in [0.25, 0.3) is 5.91 Å². The van der Waals surface area contributed by atoms with Gasteiger partial charge in [-0.15, -0.1) is 0 Å². The van der Waals surface area contributed by atoms with Crippen LogP contribution in [0.2, 0.25) is 0 Å². The lowest BCUT2D eigenvalue weighted by Crippen LogP contribution is -2.29. The lowest BCUT2D eigenvalue weighted by Gasteiger charge is -2.13. The van der Waals surface area contributed by atoms with Crippen molar-refractivity contribution < 1.29 is 9.53 Å². The lowest BCUT2D eigenvalue weighted by atomic mass is 10.1. The van der Waals surface area contributed by atoms with Crippen LogP contribution in [0.1, 0.15) is 11.1 Å². The smallest absolute Gasteiger partial charge is 0.258 e. The number of amides is 1. The molecule has 0 bridgehead atoms. The first kappa shape index (κ1) is 17.4. The molecule has 0 spiro atoms. The first-order valence-corrected chi connectivity index (χ1v) is 7.78. The van der Waals surface area contributed by atoms with Gasteiger partial charge in [0.2, 0.25) is 0 Å². The van der Waals surface area contributed by atoms with Gasteiger partial charge in [-0.3, -0.25) is 4.79 Å². The third-order valence-corrected chi connectivity index (χ3v) is 3.44. The molecule has 2 aromatic carbocycles. The Bertz CT molecular complexity index is 757. The number of benzene rings is 2. The van der Waals surface area contributed by atoms with Crippen LogP contribution in [0.4, 0.5) is 5.69 Å². The highest BCUT2D eigenvalue weighted by Crippen LogP contribution is 2.16. The van der Waals surface area contributed by atoms with Gasteiger partial charge in [-0.25, -0.2) is 0 Å². The molecule has 0 heterocycles. The van der Waals surface area contributed by atoms with Gasteiger partial charge in [0.05, 0.1) is 12.2 Å². The molecule has 0 fully saturated rings. The average Bonchev–Trinajstić information content (AvgIpc) is 2.58. The van der Waals surface area contributed by atoms with Crippen molar-refractivity contribution in [3.8, 4) is 17.6 Å². The van der Waals surface area contributed by atoms with Gasteiger partial charge in [-0.05, 0) is 30.7 Å². The second-order valence-corrected chi connectivity index (χ2v) is 5.54. The standard InChI is InChI=1S/C20H22N2O2/c1-16-9-4-7-13-19(16)24-15-20(23)21-14-8-11-17-10-5-6-12-18(17)22(2)3/h4-7,9-10,12-13H,14-15H2,1-3H3,(H,21,23). The van der Waals surface area contributed by atoms with E-state index in [1.165, 1.54) is 0 Å². The first-order chi connectivity index (χ1) is 11.6. The number of anilines is 1. The highest BCUT2D eigenvalue weighted by atomic mass is 16.5. The second kappa shape index (κ2) is 8.64. The minimum Gasteiger partial charge on any atom is -0.484 e. The van der Waals surface area contributed by atoms with E-state index in [9.17, 15) is 4.79 Å². The van der Waals surface area contributed by atoms with E-state index in [0.29, 0.717) is 0 Å². The van der Waals surface area contributed by atoms with Gasteiger partial charge in [-0.1, -0.05) is 42.2 Å². The number of rotatable bonds is 5. The average molecular weight is 322 g/mol. The van der Waals surface area contributed by atoms with Crippen molar-refractivity contribution in [2.45, 2.75) is 6.92 Å². The molecule has 4 heteroatoms. The number of nitrogens with zero attached hydrogens (tertiary/aromatic N) is 1. The number of aryl methyl sites for hydroxylation is 1. The summed E-state index contributed by atoms with van der Waals surface area (Å²) in [7, 11) is 3.95. The van der Waals surface area contributed by atoms with Crippen LogP contribution < -0.4 is 15.0 Å². The zero-order chi connectivity index (χ0) is 17.4. The van der Waals surface area contributed by atoms with Crippen molar-refractivity contribution in [3.05, 3.63) is 59.7 Å². The number of para-hydroxylation sites is 2. The number of hydrogen-bond acceptors (Lipinski definition) is 3. The van der Waals surface area contributed by atoms with Gasteiger partial charge in [0.15, 0.2) is 6.61 Å². The molecule has 24 heavy (non-hydrogen) atoms. The molecule has 4 nitrogen and oxygen atoms in total. The van der Waals surface area contributed by atoms with Gasteiger partial charge in [0, 0.05) is 19.7 Å². The summed E-state index contributed by atoms with van der Waals surface area (Å²) < 4.78 is 5.50. The molecule has 0 radical (unpaired) electrons. The van der Waals surface area contributed by atoms with Crippen LogP contribution in [0.25, 0.3) is 0 Å². The van der Waals surface area contributed by atoms with Crippen molar-refractivity contribution in [1.29, 1.82) is 0 Å². The fourth-order valence-corrected chi connectivity index (χ4v) is 2.16. The van der Waals surface area contributed by atoms with Crippen LogP contribution in [0.5, 0.6) is 5.75 Å². The van der Waals surface area contributed by atoms with E-state index in [1.807, 2.05) is 74.4 Å². The third-order valence-electron chi connectivity index (χ3n) is 3.44. The van der Waals surface area contributed by atoms with Crippen LogP contribution in [0.3, 0.4) is 0 Å². The fraction of sp³-hybridized carbons (Fsp3) is 0.250. The summed E-state index contributed by atoms with van der Waals surface area (Å²) in [6, 6.07) is 15.5. The molecule has 0 atom stereocenters. The van der Waals surface area contributed by atoms with Crippen molar-refractivity contribution >= 4 is 11.6 Å². The predicted octanol–water partition coefficient (Wildman–Crippen LogP) is 2.61. The molecular formula is C20H22N2O2. The second-order valence-electron chi connectivity index (χ2n) is 5.54. The van der Waals surface area contributed by atoms with E-state index >= 15 is 0 Å². The minimum atomic E-state index is -0.187. The molecule has 2 rings (SSSR count). The van der Waals surface area contributed by atoms with Crippen molar-refractivity contribution in [2.75, 3.05) is 32.1 Å². The maximum absolute atomic E-state index is 11.8. The quantitative estimate of drug-likeness (QED) is 0.861. The topological polar surface area (TPSA) is 41.6 Å². The summed E-state index contributed by atoms with van der Waals surface area (Å²) in [5.41, 5.74) is 3.00. The molecule has 124 valence electrons. The Morgan fingerprint density at radius 3 is 2.58 bits per heavy atom. The van der Waals surface area contributed by atoms with Crippen LogP contribution in [-0.2, 0) is 4.79 Å². The number of ether oxygens (including phenoxy) is 1. The highest BCUT2D eigenvalue weighted by Gasteiger charge is 2.03. The Morgan fingerprint density at radius 2 is 1.83 bits per heavy atom. The van der Waals surface area contributed by atoms with Crippen molar-refractivity contribution in [2.24, 2.45) is 0 Å². The maximum atomic E-state index is 11.8. The summed E-state index contributed by atoms with van der Waals surface area (Å²) in [5.74, 6) is 6.59. The van der Waals surface area contributed by atoms with Crippen LogP contribution >= 0.6 is 0 Å². The Morgan fingerprint density at radius 1 is 1.12 bits per heavy atom. The molecule has 0 aliphatic carbocycles. The molecule has 0 aliphatic rings. The van der Waals surface area contributed by atoms with E-state index < -0.39 is 0 Å². The monoisotopic (exact) mass is 322 g/mol. The van der Waals surface area contributed by atoms with E-state index in [2.05, 4.69) is 17.2 Å². The van der Waals surface area contributed by atoms with Crippen molar-refractivity contribution in [3.63, 3.8) is 0 Å². The van der Waals surface area contributed by atoms with E-state index in [0.717, 1.165) is 22.6 Å². The van der Waals surface area contributed by atoms with Crippen molar-refractivity contribution in [1.82, 2.24) is 5.32 Å². The summed E-state index contributed by atoms with van der Waals surface area (Å²) in [4.78, 5) is 13.8. The first-order valence-electron chi connectivity index (χ1n) is 7.78. The number of nitrogens with one attached hydrogen (secondary N) is 1. The molecule has 1 N–H and O–H groups in total. The summed E-state index contributed by atoms with van der Waals surface area (Å²) >= 11 is 0. The Balaban J connectivity index is 1.83. The Labute approximate surface area is 143 Å². The van der Waals surface area contributed by atoms with E-state index in [1.54, 1.807) is 0 Å². The molecule has 0 aromatic heterocycles. The van der Waals surface area contributed by atoms with E-state index in [4.69, 9.17) is 4.74 Å². The molecule has 0 saturated heterocycles. The molecule has 2 aromatic rings. The van der Waals surface area contributed by atoms with Gasteiger partial charge >= 0.3 is 0 Å². The summed E-state index contributed by atoms with van der Waals surface area (Å²) in [6.45, 7) is 2.22. The minimum absolute atomic E-state index is 0.0131. The van der Waals surface area contributed by atoms with Gasteiger partial charge < -0.3 is 15.0 Å². The number of hydrogen-bond donors (Lipinski definition) is 1. The third kappa shape index (κ3) is 5.06. The number of carbonyl (C=O) groups is 1. The maximum Gasteiger partial charge on any atom is 0.258 e. The molecule has 0 saturated carbocycles. The zero-order valence-corrected chi connectivity index (χ0v) is 14.3. The van der Waals surface area contributed by atoms with Crippen LogP contribution in [0, 0.1) is 18.8 Å². The normalized spacial score (nSPS) is 9.62. The van der Waals surface area contributed by atoms with Crippen LogP contribution in [0.15, 0.2) is 48.5 Å². The van der Waals surface area contributed by atoms with Gasteiger partial charge in [0.1, 0.15) is 5.75 Å². The largest absolute Gasteiger partial charge is 0.484 e. The summed E-state index contributed by atoms with van der Waals surface area (Å²) in [5, 5.41) is 2.74. The Hall–Kier alpha value is -2.93. The van der Waals surface area contributed by atoms with Gasteiger partial charge in [-0.2, -0.15) is 0 Å². The van der Waals surface area contributed by atoms with E-state index in [-0.39, 0.29) is 19.1 Å². The number of carbonyl (C=O) groups excluding carboxylic acids is 1. The SMILES string of the molecule is Cc1ccccc1OCC(=O)NCC#Cc1ccccc1N(C)C. The molecule has 0 aliphatic heterocycles. The highest BCUT2D eigenvalue weighted by molar-refractivity contribution is 5.77. The summed E-state index contributed by atoms with van der Waals surface area (Å²) in [6.07, 6.45) is 0. The Kier molecular flexibility index (Phi) is 6.27. The molecular weight excluding hydrogens is 300 g/mol. The fourth-order valence-electron chi connectivity index (χ4n) is 2.16. The lowest BCUT2D eigenvalue weighted by molar-refractivity contribution is -0.122. The predicted molar refractivity (Wildman–Crippen MR) is 97.3 cm³/mol.